The SMILES string of the molecule is COc1ccc(CC(=O)OC(C)C(=O)NCCc2ccc(S(N)(=O)=O)cc2)cc1F. The van der Waals surface area contributed by atoms with Gasteiger partial charge in [0.05, 0.1) is 18.4 Å². The van der Waals surface area contributed by atoms with Gasteiger partial charge in [-0.3, -0.25) is 9.59 Å². The Labute approximate surface area is 174 Å². The lowest BCUT2D eigenvalue weighted by atomic mass is 10.1. The third kappa shape index (κ3) is 6.82. The number of hydrogen-bond donors (Lipinski definition) is 2. The summed E-state index contributed by atoms with van der Waals surface area (Å²) in [6.07, 6.45) is -0.762. The fourth-order valence-corrected chi connectivity index (χ4v) is 3.11. The van der Waals surface area contributed by atoms with Crippen LogP contribution in [0.1, 0.15) is 18.1 Å². The van der Waals surface area contributed by atoms with Crippen LogP contribution < -0.4 is 15.2 Å². The van der Waals surface area contributed by atoms with Gasteiger partial charge in [-0.15, -0.1) is 0 Å². The molecule has 3 N–H and O–H groups in total. The molecule has 0 saturated carbocycles. The molecule has 0 heterocycles. The van der Waals surface area contributed by atoms with E-state index in [0.29, 0.717) is 12.0 Å². The molecule has 2 aromatic rings. The zero-order valence-corrected chi connectivity index (χ0v) is 17.4. The maximum Gasteiger partial charge on any atom is 0.311 e. The van der Waals surface area contributed by atoms with Gasteiger partial charge >= 0.3 is 5.97 Å². The van der Waals surface area contributed by atoms with E-state index in [2.05, 4.69) is 5.32 Å². The molecule has 30 heavy (non-hydrogen) atoms. The van der Waals surface area contributed by atoms with Crippen molar-refractivity contribution in [1.29, 1.82) is 0 Å². The van der Waals surface area contributed by atoms with Crippen LogP contribution in [0.25, 0.3) is 0 Å². The number of ether oxygens (including phenoxy) is 2. The minimum Gasteiger partial charge on any atom is -0.494 e. The van der Waals surface area contributed by atoms with Crippen LogP contribution in [-0.4, -0.2) is 40.1 Å². The lowest BCUT2D eigenvalue weighted by Crippen LogP contribution is -2.37. The van der Waals surface area contributed by atoms with Gasteiger partial charge in [-0.25, -0.2) is 17.9 Å². The van der Waals surface area contributed by atoms with Crippen LogP contribution in [0.5, 0.6) is 5.75 Å². The molecule has 0 bridgehead atoms. The molecule has 10 heteroatoms. The van der Waals surface area contributed by atoms with E-state index in [1.54, 1.807) is 12.1 Å². The topological polar surface area (TPSA) is 125 Å². The van der Waals surface area contributed by atoms with Crippen LogP contribution >= 0.6 is 0 Å². The van der Waals surface area contributed by atoms with Crippen LogP contribution in [0.4, 0.5) is 4.39 Å². The Bertz CT molecular complexity index is 1010. The van der Waals surface area contributed by atoms with Gasteiger partial charge in [0.25, 0.3) is 5.91 Å². The van der Waals surface area contributed by atoms with Crippen molar-refractivity contribution in [2.24, 2.45) is 5.14 Å². The summed E-state index contributed by atoms with van der Waals surface area (Å²) in [6, 6.07) is 10.1. The van der Waals surface area contributed by atoms with Crippen molar-refractivity contribution < 1.29 is 31.9 Å². The molecule has 0 radical (unpaired) electrons. The van der Waals surface area contributed by atoms with E-state index in [9.17, 15) is 22.4 Å². The Hall–Kier alpha value is -2.98. The molecule has 2 rings (SSSR count). The summed E-state index contributed by atoms with van der Waals surface area (Å²) in [6.45, 7) is 1.70. The van der Waals surface area contributed by atoms with Crippen molar-refractivity contribution in [2.45, 2.75) is 30.8 Å². The smallest absolute Gasteiger partial charge is 0.311 e. The van der Waals surface area contributed by atoms with Crippen molar-refractivity contribution >= 4 is 21.9 Å². The second-order valence-corrected chi connectivity index (χ2v) is 8.07. The molecule has 0 spiro atoms. The van der Waals surface area contributed by atoms with Crippen molar-refractivity contribution in [3.05, 3.63) is 59.4 Å². The summed E-state index contributed by atoms with van der Waals surface area (Å²) >= 11 is 0. The molecule has 0 aliphatic rings. The second kappa shape index (κ2) is 10.2. The summed E-state index contributed by atoms with van der Waals surface area (Å²) in [5, 5.41) is 7.67. The van der Waals surface area contributed by atoms with E-state index in [1.807, 2.05) is 0 Å². The molecule has 8 nitrogen and oxygen atoms in total. The molecule has 162 valence electrons. The number of hydrogen-bond acceptors (Lipinski definition) is 6. The van der Waals surface area contributed by atoms with Gasteiger partial charge in [-0.2, -0.15) is 0 Å². The monoisotopic (exact) mass is 438 g/mol. The highest BCUT2D eigenvalue weighted by Gasteiger charge is 2.18. The van der Waals surface area contributed by atoms with E-state index in [1.165, 1.54) is 44.4 Å². The molecular formula is C20H23FN2O6S. The summed E-state index contributed by atoms with van der Waals surface area (Å²) < 4.78 is 46.0. The summed E-state index contributed by atoms with van der Waals surface area (Å²) in [5.41, 5.74) is 1.20. The lowest BCUT2D eigenvalue weighted by molar-refractivity contribution is -0.154. The average molecular weight is 438 g/mol. The van der Waals surface area contributed by atoms with E-state index >= 15 is 0 Å². The number of nitrogens with two attached hydrogens (primary N) is 1. The minimum atomic E-state index is -3.75. The number of primary sulfonamides is 1. The molecule has 0 fully saturated rings. The number of amides is 1. The van der Waals surface area contributed by atoms with Gasteiger partial charge in [0, 0.05) is 6.54 Å². The van der Waals surface area contributed by atoms with Crippen LogP contribution in [0, 0.1) is 5.82 Å². The van der Waals surface area contributed by atoms with E-state index in [-0.39, 0.29) is 23.6 Å². The van der Waals surface area contributed by atoms with Crippen molar-refractivity contribution in [3.8, 4) is 5.75 Å². The van der Waals surface area contributed by atoms with Gasteiger partial charge < -0.3 is 14.8 Å². The molecule has 0 aliphatic heterocycles. The first-order valence-corrected chi connectivity index (χ1v) is 10.6. The quantitative estimate of drug-likeness (QED) is 0.569. The van der Waals surface area contributed by atoms with Crippen LogP contribution in [0.15, 0.2) is 47.4 Å². The first-order chi connectivity index (χ1) is 14.1. The number of carbonyl (C=O) groups is 2. The zero-order chi connectivity index (χ0) is 22.3. The maximum absolute atomic E-state index is 13.7. The van der Waals surface area contributed by atoms with Gasteiger partial charge in [0.15, 0.2) is 17.7 Å². The Balaban J connectivity index is 1.78. The fraction of sp³-hybridized carbons (Fsp3) is 0.300. The van der Waals surface area contributed by atoms with Crippen LogP contribution in [-0.2, 0) is 37.2 Å². The summed E-state index contributed by atoms with van der Waals surface area (Å²) in [5.74, 6) is -1.67. The zero-order valence-electron chi connectivity index (χ0n) is 16.6. The number of nitrogens with one attached hydrogen (secondary N) is 1. The summed E-state index contributed by atoms with van der Waals surface area (Å²) in [4.78, 5) is 24.1. The van der Waals surface area contributed by atoms with Crippen LogP contribution in [0.3, 0.4) is 0 Å². The van der Waals surface area contributed by atoms with E-state index in [0.717, 1.165) is 5.56 Å². The van der Waals surface area contributed by atoms with Gasteiger partial charge in [0.2, 0.25) is 10.0 Å². The molecule has 0 aliphatic carbocycles. The fourth-order valence-electron chi connectivity index (χ4n) is 2.60. The summed E-state index contributed by atoms with van der Waals surface area (Å²) in [7, 11) is -2.41. The van der Waals surface area contributed by atoms with Gasteiger partial charge in [-0.05, 0) is 48.7 Å². The Morgan fingerprint density at radius 1 is 1.13 bits per heavy atom. The molecule has 0 aromatic heterocycles. The minimum absolute atomic E-state index is 0.00700. The van der Waals surface area contributed by atoms with Crippen molar-refractivity contribution in [1.82, 2.24) is 5.32 Å². The number of carbonyl (C=O) groups excluding carboxylic acids is 2. The Morgan fingerprint density at radius 2 is 1.77 bits per heavy atom. The average Bonchev–Trinajstić information content (AvgIpc) is 2.67. The van der Waals surface area contributed by atoms with E-state index < -0.39 is 33.8 Å². The molecule has 0 saturated heterocycles. The van der Waals surface area contributed by atoms with Gasteiger partial charge in [-0.1, -0.05) is 18.2 Å². The van der Waals surface area contributed by atoms with Crippen molar-refractivity contribution in [3.63, 3.8) is 0 Å². The molecule has 2 aromatic carbocycles. The first-order valence-electron chi connectivity index (χ1n) is 9.01. The molecular weight excluding hydrogens is 415 g/mol. The second-order valence-electron chi connectivity index (χ2n) is 6.51. The third-order valence-electron chi connectivity index (χ3n) is 4.21. The number of esters is 1. The van der Waals surface area contributed by atoms with Crippen molar-refractivity contribution in [2.75, 3.05) is 13.7 Å². The predicted octanol–water partition coefficient (Wildman–Crippen LogP) is 1.31. The highest BCUT2D eigenvalue weighted by Crippen LogP contribution is 2.18. The normalized spacial score (nSPS) is 12.1. The number of rotatable bonds is 9. The first kappa shape index (κ1) is 23.3. The number of sulfonamides is 1. The lowest BCUT2D eigenvalue weighted by Gasteiger charge is -2.14. The van der Waals surface area contributed by atoms with Gasteiger partial charge in [0.1, 0.15) is 0 Å². The number of halogens is 1. The molecule has 1 amide bonds. The molecule has 1 unspecified atom stereocenters. The van der Waals surface area contributed by atoms with Crippen LogP contribution in [0.2, 0.25) is 0 Å². The highest BCUT2D eigenvalue weighted by atomic mass is 32.2. The highest BCUT2D eigenvalue weighted by molar-refractivity contribution is 7.89. The molecule has 1 atom stereocenters. The van der Waals surface area contributed by atoms with E-state index in [4.69, 9.17) is 14.6 Å². The standard InChI is InChI=1S/C20H23FN2O6S/c1-13(29-19(24)12-15-5-8-18(28-2)17(21)11-15)20(25)23-10-9-14-3-6-16(7-4-14)30(22,26)27/h3-8,11,13H,9-10,12H2,1-2H3,(H,23,25)(H2,22,26,27). The Kier molecular flexibility index (Phi) is 7.90. The number of benzene rings is 2. The third-order valence-corrected chi connectivity index (χ3v) is 5.14. The number of methoxy groups -OCH3 is 1. The largest absolute Gasteiger partial charge is 0.494 e. The Morgan fingerprint density at radius 3 is 2.33 bits per heavy atom. The maximum atomic E-state index is 13.7. The predicted molar refractivity (Wildman–Crippen MR) is 107 cm³/mol.